The number of nitrogens with one attached hydrogen (secondary N) is 1. The van der Waals surface area contributed by atoms with Gasteiger partial charge in [-0.15, -0.1) is 0 Å². The number of hydrogen-bond donors (Lipinski definition) is 1. The summed E-state index contributed by atoms with van der Waals surface area (Å²) < 4.78 is 5.31. The molecule has 0 aliphatic heterocycles. The molecule has 0 bridgehead atoms. The molecular weight excluding hydrogens is 266 g/mol. The van der Waals surface area contributed by atoms with Crippen LogP contribution in [0.5, 0.6) is 0 Å². The Labute approximate surface area is 113 Å². The summed E-state index contributed by atoms with van der Waals surface area (Å²) in [6, 6.07) is 7.30. The number of carbonyl (C=O) groups excluding carboxylic acids is 1. The number of rotatable bonds is 2. The summed E-state index contributed by atoms with van der Waals surface area (Å²) in [5.41, 5.74) is 1.10. The molecule has 0 spiro atoms. The summed E-state index contributed by atoms with van der Waals surface area (Å²) in [5.74, 6) is -0.0238. The summed E-state index contributed by atoms with van der Waals surface area (Å²) >= 11 is 5.70. The van der Waals surface area contributed by atoms with E-state index in [9.17, 15) is 4.79 Å². The maximum Gasteiger partial charge on any atom is 0.260 e. The molecule has 6 heteroatoms. The van der Waals surface area contributed by atoms with Crippen molar-refractivity contribution in [2.75, 3.05) is 5.32 Å². The molecule has 0 saturated carbocycles. The van der Waals surface area contributed by atoms with E-state index >= 15 is 0 Å². The lowest BCUT2D eigenvalue weighted by Gasteiger charge is -2.02. The second-order valence-electron chi connectivity index (χ2n) is 3.83. The van der Waals surface area contributed by atoms with E-state index in [0.717, 1.165) is 5.39 Å². The molecule has 0 radical (unpaired) electrons. The van der Waals surface area contributed by atoms with Crippen LogP contribution in [0.1, 0.15) is 10.4 Å². The number of fused-ring (bicyclic) bond motifs is 1. The van der Waals surface area contributed by atoms with Crippen LogP contribution in [-0.2, 0) is 0 Å². The van der Waals surface area contributed by atoms with Crippen LogP contribution < -0.4 is 5.32 Å². The third-order valence-corrected chi connectivity index (χ3v) is 2.75. The molecule has 94 valence electrons. The average Bonchev–Trinajstić information content (AvgIpc) is 2.82. The topological polar surface area (TPSA) is 68.0 Å². The molecule has 2 aromatic heterocycles. The van der Waals surface area contributed by atoms with Crippen LogP contribution in [0.25, 0.3) is 11.0 Å². The average molecular weight is 274 g/mol. The minimum absolute atomic E-state index is 0.217. The van der Waals surface area contributed by atoms with Gasteiger partial charge in [-0.2, -0.15) is 0 Å². The van der Waals surface area contributed by atoms with Gasteiger partial charge in [-0.25, -0.2) is 4.98 Å². The largest absolute Gasteiger partial charge is 0.463 e. The first-order valence-corrected chi connectivity index (χ1v) is 5.87. The third-order valence-electron chi connectivity index (χ3n) is 2.57. The van der Waals surface area contributed by atoms with Gasteiger partial charge in [0.1, 0.15) is 17.0 Å². The van der Waals surface area contributed by atoms with Crippen molar-refractivity contribution in [3.63, 3.8) is 0 Å². The number of nitrogens with zero attached hydrogens (tertiary/aromatic N) is 2. The molecule has 1 N–H and O–H groups in total. The van der Waals surface area contributed by atoms with Gasteiger partial charge in [0.15, 0.2) is 5.82 Å². The predicted octanol–water partition coefficient (Wildman–Crippen LogP) is 3.13. The van der Waals surface area contributed by atoms with E-state index in [-0.39, 0.29) is 11.1 Å². The third kappa shape index (κ3) is 2.28. The second kappa shape index (κ2) is 4.70. The monoisotopic (exact) mass is 273 g/mol. The van der Waals surface area contributed by atoms with Crippen LogP contribution >= 0.6 is 11.6 Å². The van der Waals surface area contributed by atoms with Crippen LogP contribution in [0.15, 0.2) is 47.3 Å². The molecule has 0 fully saturated rings. The highest BCUT2D eigenvalue weighted by atomic mass is 35.5. The van der Waals surface area contributed by atoms with Crippen molar-refractivity contribution in [1.29, 1.82) is 0 Å². The maximum atomic E-state index is 12.1. The second-order valence-corrected chi connectivity index (χ2v) is 4.21. The molecule has 5 nitrogen and oxygen atoms in total. The molecule has 3 rings (SSSR count). The molecular formula is C13H8ClN3O2. The van der Waals surface area contributed by atoms with Crippen LogP contribution in [0.2, 0.25) is 5.15 Å². The van der Waals surface area contributed by atoms with Crippen LogP contribution in [0, 0.1) is 0 Å². The van der Waals surface area contributed by atoms with E-state index in [0.29, 0.717) is 17.0 Å². The van der Waals surface area contributed by atoms with Gasteiger partial charge in [0, 0.05) is 5.39 Å². The standard InChI is InChI=1S/C13H8ClN3O2/c14-11-5-15-6-12(16-11)17-13(18)9-7-19-10-4-2-1-3-8(9)10/h1-7H,(H,16,17,18). The number of aromatic nitrogens is 2. The molecule has 0 unspecified atom stereocenters. The fourth-order valence-electron chi connectivity index (χ4n) is 1.74. The molecule has 2 heterocycles. The molecule has 0 atom stereocenters. The maximum absolute atomic E-state index is 12.1. The van der Waals surface area contributed by atoms with E-state index in [1.165, 1.54) is 18.7 Å². The van der Waals surface area contributed by atoms with Crippen LogP contribution in [0.3, 0.4) is 0 Å². The lowest BCUT2D eigenvalue weighted by Crippen LogP contribution is -2.12. The Morgan fingerprint density at radius 2 is 2.11 bits per heavy atom. The summed E-state index contributed by atoms with van der Waals surface area (Å²) in [5, 5.41) is 3.58. The van der Waals surface area contributed by atoms with E-state index in [1.54, 1.807) is 6.07 Å². The van der Waals surface area contributed by atoms with Gasteiger partial charge in [-0.3, -0.25) is 9.78 Å². The molecule has 1 amide bonds. The highest BCUT2D eigenvalue weighted by Crippen LogP contribution is 2.21. The Balaban J connectivity index is 1.92. The van der Waals surface area contributed by atoms with E-state index in [4.69, 9.17) is 16.0 Å². The highest BCUT2D eigenvalue weighted by molar-refractivity contribution is 6.29. The van der Waals surface area contributed by atoms with Crippen LogP contribution in [0.4, 0.5) is 5.82 Å². The zero-order valence-electron chi connectivity index (χ0n) is 9.63. The normalized spacial score (nSPS) is 10.6. The van der Waals surface area contributed by atoms with Crippen molar-refractivity contribution in [1.82, 2.24) is 9.97 Å². The molecule has 0 aliphatic rings. The van der Waals surface area contributed by atoms with Gasteiger partial charge >= 0.3 is 0 Å². The van der Waals surface area contributed by atoms with Gasteiger partial charge in [0.05, 0.1) is 18.0 Å². The van der Waals surface area contributed by atoms with Gasteiger partial charge in [0.25, 0.3) is 5.91 Å². The molecule has 0 saturated heterocycles. The number of anilines is 1. The lowest BCUT2D eigenvalue weighted by atomic mass is 10.1. The van der Waals surface area contributed by atoms with Crippen molar-refractivity contribution >= 4 is 34.3 Å². The van der Waals surface area contributed by atoms with Crippen molar-refractivity contribution in [2.45, 2.75) is 0 Å². The fraction of sp³-hybridized carbons (Fsp3) is 0. The number of halogens is 1. The number of hydrogen-bond acceptors (Lipinski definition) is 4. The summed E-state index contributed by atoms with van der Waals surface area (Å²) in [7, 11) is 0. The molecule has 1 aromatic carbocycles. The smallest absolute Gasteiger partial charge is 0.260 e. The Hall–Kier alpha value is -2.40. The number of carbonyl (C=O) groups is 1. The van der Waals surface area contributed by atoms with E-state index in [1.807, 2.05) is 18.2 Å². The Morgan fingerprint density at radius 1 is 1.26 bits per heavy atom. The quantitative estimate of drug-likeness (QED) is 0.779. The Bertz CT molecular complexity index is 754. The van der Waals surface area contributed by atoms with Gasteiger partial charge < -0.3 is 9.73 Å². The zero-order valence-corrected chi connectivity index (χ0v) is 10.4. The van der Waals surface area contributed by atoms with Crippen molar-refractivity contribution < 1.29 is 9.21 Å². The Kier molecular flexibility index (Phi) is 2.89. The first-order chi connectivity index (χ1) is 9.24. The number of para-hydroxylation sites is 1. The van der Waals surface area contributed by atoms with Gasteiger partial charge in [-0.05, 0) is 6.07 Å². The van der Waals surface area contributed by atoms with Crippen molar-refractivity contribution in [3.05, 3.63) is 53.6 Å². The highest BCUT2D eigenvalue weighted by Gasteiger charge is 2.14. The first kappa shape index (κ1) is 11.7. The number of furan rings is 1. The number of benzene rings is 1. The SMILES string of the molecule is O=C(Nc1cncc(Cl)n1)c1coc2ccccc12. The van der Waals surface area contributed by atoms with Gasteiger partial charge in [0.2, 0.25) is 0 Å². The fourth-order valence-corrected chi connectivity index (χ4v) is 1.89. The summed E-state index contributed by atoms with van der Waals surface area (Å²) in [6.45, 7) is 0. The molecule has 19 heavy (non-hydrogen) atoms. The number of amides is 1. The van der Waals surface area contributed by atoms with E-state index < -0.39 is 0 Å². The van der Waals surface area contributed by atoms with Crippen LogP contribution in [-0.4, -0.2) is 15.9 Å². The Morgan fingerprint density at radius 3 is 2.95 bits per heavy atom. The first-order valence-electron chi connectivity index (χ1n) is 5.49. The predicted molar refractivity (Wildman–Crippen MR) is 71.2 cm³/mol. The lowest BCUT2D eigenvalue weighted by molar-refractivity contribution is 0.102. The van der Waals surface area contributed by atoms with Crippen molar-refractivity contribution in [3.8, 4) is 0 Å². The zero-order chi connectivity index (χ0) is 13.2. The minimum Gasteiger partial charge on any atom is -0.463 e. The van der Waals surface area contributed by atoms with Gasteiger partial charge in [-0.1, -0.05) is 29.8 Å². The minimum atomic E-state index is -0.318. The molecule has 0 aliphatic carbocycles. The molecule has 3 aromatic rings. The van der Waals surface area contributed by atoms with Crippen molar-refractivity contribution in [2.24, 2.45) is 0 Å². The van der Waals surface area contributed by atoms with E-state index in [2.05, 4.69) is 15.3 Å². The summed E-state index contributed by atoms with van der Waals surface area (Å²) in [4.78, 5) is 19.9. The summed E-state index contributed by atoms with van der Waals surface area (Å²) in [6.07, 6.45) is 4.23.